The topological polar surface area (TPSA) is 114 Å². The summed E-state index contributed by atoms with van der Waals surface area (Å²) in [7, 11) is -11.5. The molecule has 0 amide bonds. The SMILES string of the molecule is [CH2-]OCC(C)[Si](C)(C)O[Si](C)(C)O[Si](C)(C)O[Si](C)(C)O.[CH2-]OCCC[Si](C)(C)O[Si](C)(C)O[Si](C)(C)O[Si](C)(C)O.[Rf]. The Morgan fingerprint density at radius 1 is 0.535 bits per heavy atom. The molecule has 2 N–H and O–H groups in total. The molecule has 0 rings (SSSR count). The standard InChI is InChI=1S/2C12H33O5Si4.Rf/c1-12(11-14-2)18(3,4)15-20(7,8)17-21(9,10)16-19(5,6)13;1-14-11-10-12-18(2,3)15-20(6,7)17-21(8,9)16-19(4,5)13;/h12-13H,2,11H2,1,3-10H3;13H,1,10-12H2,2-9H3;/q2*-1;. The zero-order valence-electron chi connectivity index (χ0n) is 30.7. The van der Waals surface area contributed by atoms with E-state index in [9.17, 15) is 9.59 Å². The van der Waals surface area contributed by atoms with Crippen LogP contribution in [0.2, 0.25) is 116 Å². The Morgan fingerprint density at radius 3 is 1.21 bits per heavy atom. The summed E-state index contributed by atoms with van der Waals surface area (Å²) in [5.41, 5.74) is 0.333. The first-order valence-corrected chi connectivity index (χ1v) is 37.8. The van der Waals surface area contributed by atoms with Gasteiger partial charge >= 0.3 is 51.4 Å². The van der Waals surface area contributed by atoms with Crippen molar-refractivity contribution in [2.45, 2.75) is 130 Å². The Balaban J connectivity index is -0.000000727. The van der Waals surface area contributed by atoms with Gasteiger partial charge in [0.2, 0.25) is 0 Å². The largest absolute Gasteiger partial charge is 0.555 e. The summed E-state index contributed by atoms with van der Waals surface area (Å²) in [5, 5.41) is 0. The van der Waals surface area contributed by atoms with Gasteiger partial charge in [-0.05, 0) is 123 Å². The molecule has 0 aliphatic carbocycles. The zero-order valence-corrected chi connectivity index (χ0v) is 45.1. The molecule has 0 spiro atoms. The molecule has 0 aliphatic heterocycles. The van der Waals surface area contributed by atoms with E-state index < -0.39 is 68.0 Å². The van der Waals surface area contributed by atoms with Crippen LogP contribution in [0.15, 0.2) is 0 Å². The van der Waals surface area contributed by atoms with Crippen molar-refractivity contribution in [2.75, 3.05) is 13.2 Å². The van der Waals surface area contributed by atoms with Crippen molar-refractivity contribution in [3.63, 3.8) is 0 Å². The molecule has 0 saturated heterocycles. The monoisotopic (exact) mass is 1010 g/mol. The molecule has 0 aromatic rings. The first-order chi connectivity index (χ1) is 18.3. The van der Waals surface area contributed by atoms with Crippen LogP contribution in [0.4, 0.5) is 0 Å². The van der Waals surface area contributed by atoms with Crippen LogP contribution in [0.5, 0.6) is 0 Å². The van der Waals surface area contributed by atoms with Crippen LogP contribution in [-0.4, -0.2) is 90.8 Å². The van der Waals surface area contributed by atoms with Crippen LogP contribution in [0.3, 0.4) is 0 Å². The van der Waals surface area contributed by atoms with Gasteiger partial charge in [-0.1, -0.05) is 6.92 Å². The molecule has 0 saturated carbocycles. The van der Waals surface area contributed by atoms with E-state index in [0.717, 1.165) is 12.5 Å². The summed E-state index contributed by atoms with van der Waals surface area (Å²) in [4.78, 5) is 19.9. The van der Waals surface area contributed by atoms with E-state index in [1.807, 2.05) is 39.3 Å². The third-order valence-electron chi connectivity index (χ3n) is 5.63. The fourth-order valence-corrected chi connectivity index (χ4v) is 39.3. The van der Waals surface area contributed by atoms with E-state index in [4.69, 9.17) is 34.2 Å². The first kappa shape index (κ1) is 47.7. The molecule has 10 nitrogen and oxygen atoms in total. The smallest absolute Gasteiger partial charge is 0.320 e. The second-order valence-electron chi connectivity index (χ2n) is 14.8. The van der Waals surface area contributed by atoms with Crippen LogP contribution in [0, 0.1) is 14.2 Å². The third kappa shape index (κ3) is 26.1. The normalized spacial score (nSPS) is 15.0. The van der Waals surface area contributed by atoms with Crippen molar-refractivity contribution in [1.82, 2.24) is 0 Å². The van der Waals surface area contributed by atoms with Crippen molar-refractivity contribution in [3.8, 4) is 0 Å². The Labute approximate surface area is 267 Å². The van der Waals surface area contributed by atoms with Crippen molar-refractivity contribution in [3.05, 3.63) is 14.2 Å². The fraction of sp³-hybridized carbons (Fsp3) is 0.917. The minimum Gasteiger partial charge on any atom is -0.555 e. The van der Waals surface area contributed by atoms with Gasteiger partial charge in [0, 0.05) is 13.2 Å². The van der Waals surface area contributed by atoms with Crippen LogP contribution < -0.4 is 0 Å². The van der Waals surface area contributed by atoms with Gasteiger partial charge in [-0.3, -0.25) is 0 Å². The van der Waals surface area contributed by atoms with Gasteiger partial charge in [-0.25, -0.2) is 14.2 Å². The molecule has 0 radical (unpaired) electrons. The summed E-state index contributed by atoms with van der Waals surface area (Å²) in [6.45, 7) is 35.3. The Kier molecular flexibility index (Phi) is 20.0. The molecule has 0 aliphatic rings. The van der Waals surface area contributed by atoms with Gasteiger partial charge in [-0.2, -0.15) is 0 Å². The van der Waals surface area contributed by atoms with Gasteiger partial charge in [-0.15, -0.1) is 0 Å². The molecule has 0 aromatic heterocycles. The average Bonchev–Trinajstić information content (AvgIpc) is 2.60. The van der Waals surface area contributed by atoms with Crippen LogP contribution >= 0.6 is 0 Å². The Hall–Kier alpha value is 0.335. The van der Waals surface area contributed by atoms with Crippen LogP contribution in [-0.2, 0) is 34.2 Å². The maximum Gasteiger partial charge on any atom is 0.320 e. The van der Waals surface area contributed by atoms with Gasteiger partial charge in [0.15, 0.2) is 16.6 Å². The number of ether oxygens (including phenoxy) is 2. The fourth-order valence-electron chi connectivity index (χ4n) is 4.90. The van der Waals surface area contributed by atoms with Gasteiger partial charge < -0.3 is 43.8 Å². The van der Waals surface area contributed by atoms with E-state index >= 15 is 0 Å². The average molecular weight is 1010 g/mol. The van der Waals surface area contributed by atoms with E-state index in [2.05, 4.69) is 60.4 Å². The van der Waals surface area contributed by atoms with Crippen molar-refractivity contribution in [1.29, 1.82) is 0 Å². The van der Waals surface area contributed by atoms with Gasteiger partial charge in [0.25, 0.3) is 0 Å². The van der Waals surface area contributed by atoms with E-state index in [-0.39, 0.29) is 0 Å². The molecule has 0 heterocycles. The first-order valence-electron chi connectivity index (χ1n) is 14.7. The minimum atomic E-state index is -2.60. The Bertz CT molecular complexity index is 776. The number of hydrogen-bond acceptors (Lipinski definition) is 10. The molecular weight excluding hydrogens is 940 g/mol. The molecule has 0 bridgehead atoms. The van der Waals surface area contributed by atoms with Crippen molar-refractivity contribution in [2.24, 2.45) is 0 Å². The molecule has 19 heteroatoms. The third-order valence-corrected chi connectivity index (χ3v) is 33.8. The predicted molar refractivity (Wildman–Crippen MR) is 192 cm³/mol. The van der Waals surface area contributed by atoms with E-state index in [0.29, 0.717) is 18.8 Å². The van der Waals surface area contributed by atoms with Crippen molar-refractivity contribution >= 4 is 68.0 Å². The molecular formula is C24H66O10RfSi8-2. The van der Waals surface area contributed by atoms with E-state index in [1.54, 1.807) is 26.2 Å². The van der Waals surface area contributed by atoms with Gasteiger partial charge in [0.05, 0.1) is 0 Å². The number of rotatable bonds is 19. The summed E-state index contributed by atoms with van der Waals surface area (Å²) < 4.78 is 46.8. The molecule has 0 aromatic carbocycles. The predicted octanol–water partition coefficient (Wildman–Crippen LogP) is 7.07. The molecule has 1 unspecified atom stereocenters. The summed E-state index contributed by atoms with van der Waals surface area (Å²) in [5.74, 6) is 0. The summed E-state index contributed by atoms with van der Waals surface area (Å²) in [6, 6.07) is 1.02. The van der Waals surface area contributed by atoms with Crippen LogP contribution in [0.1, 0.15) is 13.3 Å². The second kappa shape index (κ2) is 18.0. The quantitative estimate of drug-likeness (QED) is 0.0792. The molecule has 258 valence electrons. The van der Waals surface area contributed by atoms with E-state index in [1.165, 1.54) is 0 Å². The second-order valence-corrected chi connectivity index (χ2v) is 44.8. The van der Waals surface area contributed by atoms with Crippen molar-refractivity contribution < 1.29 is 43.8 Å². The molecule has 1 atom stereocenters. The van der Waals surface area contributed by atoms with Crippen LogP contribution in [0.25, 0.3) is 0 Å². The van der Waals surface area contributed by atoms with Gasteiger partial charge in [0.1, 0.15) is 0 Å². The maximum absolute atomic E-state index is 9.97. The Morgan fingerprint density at radius 2 is 0.884 bits per heavy atom. The zero-order chi connectivity index (χ0) is 34.1. The summed E-state index contributed by atoms with van der Waals surface area (Å²) in [6.07, 6.45) is 0.959. The molecule has 0 fully saturated rings. The summed E-state index contributed by atoms with van der Waals surface area (Å²) >= 11 is 0. The molecule has 43 heavy (non-hydrogen) atoms. The number of hydrogen-bond donors (Lipinski definition) is 2. The maximum atomic E-state index is 9.97. The minimum absolute atomic E-state index is 0.